The summed E-state index contributed by atoms with van der Waals surface area (Å²) in [5.74, 6) is -0.357. The molecule has 0 atom stereocenters. The zero-order valence-electron chi connectivity index (χ0n) is 11.3. The number of hydrogen-bond acceptors (Lipinski definition) is 3. The van der Waals surface area contributed by atoms with Gasteiger partial charge in [-0.3, -0.25) is 4.79 Å². The SMILES string of the molecule is CC(C)(N)CCC(=O)Nc1ccc(OC(F)F)c(Cl)c1. The molecular weight excluding hydrogens is 290 g/mol. The summed E-state index contributed by atoms with van der Waals surface area (Å²) in [6, 6.07) is 4.07. The van der Waals surface area contributed by atoms with Crippen molar-refractivity contribution in [3.8, 4) is 5.75 Å². The average Bonchev–Trinajstić information content (AvgIpc) is 2.29. The van der Waals surface area contributed by atoms with Gasteiger partial charge in [0.1, 0.15) is 5.75 Å². The van der Waals surface area contributed by atoms with Gasteiger partial charge in [0.2, 0.25) is 5.91 Å². The molecule has 0 heterocycles. The highest BCUT2D eigenvalue weighted by Crippen LogP contribution is 2.29. The highest BCUT2D eigenvalue weighted by atomic mass is 35.5. The van der Waals surface area contributed by atoms with Crippen molar-refractivity contribution in [1.82, 2.24) is 0 Å². The lowest BCUT2D eigenvalue weighted by atomic mass is 10.00. The predicted octanol–water partition coefficient (Wildman–Crippen LogP) is 3.40. The Labute approximate surface area is 121 Å². The van der Waals surface area contributed by atoms with Crippen LogP contribution in [0.4, 0.5) is 14.5 Å². The second-order valence-corrected chi connectivity index (χ2v) is 5.47. The van der Waals surface area contributed by atoms with Gasteiger partial charge >= 0.3 is 6.61 Å². The summed E-state index contributed by atoms with van der Waals surface area (Å²) in [7, 11) is 0. The second-order valence-electron chi connectivity index (χ2n) is 5.06. The van der Waals surface area contributed by atoms with Crippen molar-refractivity contribution in [2.75, 3.05) is 5.32 Å². The van der Waals surface area contributed by atoms with Crippen molar-refractivity contribution < 1.29 is 18.3 Å². The highest BCUT2D eigenvalue weighted by molar-refractivity contribution is 6.32. The zero-order valence-corrected chi connectivity index (χ0v) is 12.0. The van der Waals surface area contributed by atoms with Crippen molar-refractivity contribution in [2.45, 2.75) is 38.8 Å². The van der Waals surface area contributed by atoms with E-state index in [9.17, 15) is 13.6 Å². The van der Waals surface area contributed by atoms with Crippen molar-refractivity contribution >= 4 is 23.2 Å². The number of halogens is 3. The molecule has 1 amide bonds. The normalized spacial score (nSPS) is 11.6. The van der Waals surface area contributed by atoms with Crippen LogP contribution >= 0.6 is 11.6 Å². The van der Waals surface area contributed by atoms with E-state index in [-0.39, 0.29) is 23.1 Å². The fourth-order valence-electron chi connectivity index (χ4n) is 1.43. The van der Waals surface area contributed by atoms with Gasteiger partial charge in [-0.2, -0.15) is 8.78 Å². The van der Waals surface area contributed by atoms with E-state index in [2.05, 4.69) is 10.1 Å². The van der Waals surface area contributed by atoms with Gasteiger partial charge < -0.3 is 15.8 Å². The van der Waals surface area contributed by atoms with Crippen molar-refractivity contribution in [2.24, 2.45) is 5.73 Å². The Morgan fingerprint density at radius 3 is 2.65 bits per heavy atom. The van der Waals surface area contributed by atoms with Crippen LogP contribution in [0.25, 0.3) is 0 Å². The van der Waals surface area contributed by atoms with Crippen LogP contribution in [0.15, 0.2) is 18.2 Å². The Kier molecular flexibility index (Phi) is 5.71. The Hall–Kier alpha value is -1.40. The summed E-state index contributed by atoms with van der Waals surface area (Å²) in [5.41, 5.74) is 5.77. The van der Waals surface area contributed by atoms with Crippen LogP contribution in [-0.4, -0.2) is 18.1 Å². The van der Waals surface area contributed by atoms with Gasteiger partial charge in [-0.1, -0.05) is 11.6 Å². The van der Waals surface area contributed by atoms with Crippen LogP contribution in [0.3, 0.4) is 0 Å². The molecule has 1 aromatic rings. The van der Waals surface area contributed by atoms with Gasteiger partial charge in [-0.25, -0.2) is 0 Å². The Morgan fingerprint density at radius 2 is 2.15 bits per heavy atom. The van der Waals surface area contributed by atoms with Crippen LogP contribution in [0.1, 0.15) is 26.7 Å². The smallest absolute Gasteiger partial charge is 0.387 e. The molecule has 0 spiro atoms. The van der Waals surface area contributed by atoms with E-state index in [1.807, 2.05) is 13.8 Å². The maximum atomic E-state index is 12.1. The first kappa shape index (κ1) is 16.7. The number of carbonyl (C=O) groups excluding carboxylic acids is 1. The molecule has 0 fully saturated rings. The first-order chi connectivity index (χ1) is 9.17. The van der Waals surface area contributed by atoms with E-state index in [1.165, 1.54) is 18.2 Å². The largest absolute Gasteiger partial charge is 0.433 e. The molecule has 4 nitrogen and oxygen atoms in total. The first-order valence-electron chi connectivity index (χ1n) is 6.00. The minimum absolute atomic E-state index is 0.00209. The number of benzene rings is 1. The van der Waals surface area contributed by atoms with Gasteiger partial charge in [0, 0.05) is 17.6 Å². The first-order valence-corrected chi connectivity index (χ1v) is 6.38. The van der Waals surface area contributed by atoms with Gasteiger partial charge in [-0.15, -0.1) is 0 Å². The second kappa shape index (κ2) is 6.85. The number of alkyl halides is 2. The Balaban J connectivity index is 2.60. The summed E-state index contributed by atoms with van der Waals surface area (Å²) >= 11 is 5.78. The molecule has 3 N–H and O–H groups in total. The van der Waals surface area contributed by atoms with Gasteiger partial charge in [0.05, 0.1) is 5.02 Å². The zero-order chi connectivity index (χ0) is 15.3. The van der Waals surface area contributed by atoms with E-state index < -0.39 is 12.2 Å². The molecule has 112 valence electrons. The highest BCUT2D eigenvalue weighted by Gasteiger charge is 2.14. The van der Waals surface area contributed by atoms with Gasteiger partial charge in [-0.05, 0) is 38.5 Å². The third kappa shape index (κ3) is 6.16. The van der Waals surface area contributed by atoms with Crippen molar-refractivity contribution in [1.29, 1.82) is 0 Å². The van der Waals surface area contributed by atoms with Gasteiger partial charge in [0.15, 0.2) is 0 Å². The Bertz CT molecular complexity index is 476. The minimum atomic E-state index is -2.94. The average molecular weight is 307 g/mol. The molecule has 1 rings (SSSR count). The Morgan fingerprint density at radius 1 is 1.50 bits per heavy atom. The predicted molar refractivity (Wildman–Crippen MR) is 74.2 cm³/mol. The number of nitrogens with one attached hydrogen (secondary N) is 1. The molecule has 0 bridgehead atoms. The summed E-state index contributed by atoms with van der Waals surface area (Å²) in [6.07, 6.45) is 0.787. The molecule has 0 saturated heterocycles. The number of nitrogens with two attached hydrogens (primary N) is 1. The molecule has 0 unspecified atom stereocenters. The van der Waals surface area contributed by atoms with Crippen molar-refractivity contribution in [3.05, 3.63) is 23.2 Å². The standard InChI is InChI=1S/C13H17ClF2N2O2/c1-13(2,17)6-5-11(19)18-8-3-4-10(9(14)7-8)20-12(15)16/h3-4,7,12H,5-6,17H2,1-2H3,(H,18,19). The number of carbonyl (C=O) groups is 1. The summed E-state index contributed by atoms with van der Waals surface area (Å²) < 4.78 is 28.3. The molecule has 0 aliphatic heterocycles. The van der Waals surface area contributed by atoms with E-state index in [0.717, 1.165) is 0 Å². The summed E-state index contributed by atoms with van der Waals surface area (Å²) in [5, 5.41) is 2.62. The molecule has 0 aliphatic rings. The van der Waals surface area contributed by atoms with Crippen molar-refractivity contribution in [3.63, 3.8) is 0 Å². The molecule has 1 aromatic carbocycles. The number of amides is 1. The number of rotatable bonds is 6. The van der Waals surface area contributed by atoms with E-state index in [4.69, 9.17) is 17.3 Å². The van der Waals surface area contributed by atoms with E-state index >= 15 is 0 Å². The third-order valence-corrected chi connectivity index (χ3v) is 2.72. The fourth-order valence-corrected chi connectivity index (χ4v) is 1.65. The number of anilines is 1. The lowest BCUT2D eigenvalue weighted by Crippen LogP contribution is -2.33. The summed E-state index contributed by atoms with van der Waals surface area (Å²) in [4.78, 5) is 11.7. The molecule has 20 heavy (non-hydrogen) atoms. The number of ether oxygens (including phenoxy) is 1. The summed E-state index contributed by atoms with van der Waals surface area (Å²) in [6.45, 7) is 0.709. The topological polar surface area (TPSA) is 64.4 Å². The number of hydrogen-bond donors (Lipinski definition) is 2. The van der Waals surface area contributed by atoms with Crippen LogP contribution in [0.2, 0.25) is 5.02 Å². The minimum Gasteiger partial charge on any atom is -0.433 e. The molecule has 0 aliphatic carbocycles. The monoisotopic (exact) mass is 306 g/mol. The quantitative estimate of drug-likeness (QED) is 0.846. The molecule has 0 radical (unpaired) electrons. The lowest BCUT2D eigenvalue weighted by Gasteiger charge is -2.17. The fraction of sp³-hybridized carbons (Fsp3) is 0.462. The molecule has 7 heteroatoms. The molecule has 0 saturated carbocycles. The maximum absolute atomic E-state index is 12.1. The molecular formula is C13H17ClF2N2O2. The van der Waals surface area contributed by atoms with Gasteiger partial charge in [0.25, 0.3) is 0 Å². The van der Waals surface area contributed by atoms with Crippen LogP contribution < -0.4 is 15.8 Å². The lowest BCUT2D eigenvalue weighted by molar-refractivity contribution is -0.116. The third-order valence-electron chi connectivity index (χ3n) is 2.43. The van der Waals surface area contributed by atoms with Crippen LogP contribution in [0.5, 0.6) is 5.75 Å². The molecule has 0 aromatic heterocycles. The van der Waals surface area contributed by atoms with Crippen LogP contribution in [0, 0.1) is 0 Å². The maximum Gasteiger partial charge on any atom is 0.387 e. The van der Waals surface area contributed by atoms with E-state index in [1.54, 1.807) is 0 Å². The van der Waals surface area contributed by atoms with E-state index in [0.29, 0.717) is 12.1 Å². The van der Waals surface area contributed by atoms with Crippen LogP contribution in [-0.2, 0) is 4.79 Å².